The van der Waals surface area contributed by atoms with E-state index in [0.717, 1.165) is 0 Å². The summed E-state index contributed by atoms with van der Waals surface area (Å²) in [5.41, 5.74) is 0. The summed E-state index contributed by atoms with van der Waals surface area (Å²) < 4.78 is 37.8. The maximum absolute atomic E-state index is 12.6. The first-order valence-corrected chi connectivity index (χ1v) is 6.20. The number of piperidine rings is 1. The van der Waals surface area contributed by atoms with Crippen LogP contribution in [0.3, 0.4) is 0 Å². The van der Waals surface area contributed by atoms with Crippen LogP contribution in [0.25, 0.3) is 0 Å². The largest absolute Gasteiger partial charge is 0.451 e. The van der Waals surface area contributed by atoms with Crippen molar-refractivity contribution in [2.45, 2.75) is 25.6 Å². The molecule has 1 aromatic rings. The average molecular weight is 296 g/mol. The first kappa shape index (κ1) is 14.3. The smallest absolute Gasteiger partial charge is 0.393 e. The minimum absolute atomic E-state index is 0.0307. The number of nitrogens with zero attached hydrogens (tertiary/aromatic N) is 3. The van der Waals surface area contributed by atoms with E-state index in [2.05, 4.69) is 9.97 Å². The number of aliphatic hydroxyl groups is 1. The summed E-state index contributed by atoms with van der Waals surface area (Å²) in [6.07, 6.45) is -4.57. The lowest BCUT2D eigenvalue weighted by Gasteiger charge is -2.35. The molecule has 0 bridgehead atoms. The van der Waals surface area contributed by atoms with Gasteiger partial charge in [0.1, 0.15) is 11.0 Å². The third-order valence-electron chi connectivity index (χ3n) is 3.12. The predicted molar refractivity (Wildman–Crippen MR) is 64.0 cm³/mol. The lowest BCUT2D eigenvalue weighted by Crippen LogP contribution is -2.42. The number of hydrogen-bond acceptors (Lipinski definition) is 4. The summed E-state index contributed by atoms with van der Waals surface area (Å²) in [4.78, 5) is 8.38. The number of hydrogen-bond donors (Lipinski definition) is 1. The van der Waals surface area contributed by atoms with E-state index in [0.29, 0.717) is 19.5 Å². The van der Waals surface area contributed by atoms with Gasteiger partial charge in [0.15, 0.2) is 0 Å². The quantitative estimate of drug-likeness (QED) is 0.808. The summed E-state index contributed by atoms with van der Waals surface area (Å²) in [7, 11) is 0. The highest BCUT2D eigenvalue weighted by molar-refractivity contribution is 6.29. The van der Waals surface area contributed by atoms with Crippen molar-refractivity contribution in [3.05, 3.63) is 17.0 Å². The fourth-order valence-electron chi connectivity index (χ4n) is 2.04. The molecule has 1 N–H and O–H groups in total. The Morgan fingerprint density at radius 2 is 2.11 bits per heavy atom. The maximum atomic E-state index is 12.6. The molecule has 0 aromatic carbocycles. The van der Waals surface area contributed by atoms with Gasteiger partial charge in [0.2, 0.25) is 5.82 Å². The molecule has 2 heterocycles. The second-order valence-corrected chi connectivity index (χ2v) is 5.04. The normalized spacial score (nSPS) is 24.6. The maximum Gasteiger partial charge on any atom is 0.451 e. The molecular weight excluding hydrogens is 283 g/mol. The van der Waals surface area contributed by atoms with E-state index >= 15 is 0 Å². The van der Waals surface area contributed by atoms with Crippen LogP contribution in [0.1, 0.15) is 19.2 Å². The third kappa shape index (κ3) is 3.27. The lowest BCUT2D eigenvalue weighted by molar-refractivity contribution is -0.144. The van der Waals surface area contributed by atoms with Crippen molar-refractivity contribution in [3.63, 3.8) is 0 Å². The van der Waals surface area contributed by atoms with Crippen LogP contribution in [0.5, 0.6) is 0 Å². The van der Waals surface area contributed by atoms with Gasteiger partial charge >= 0.3 is 6.18 Å². The topological polar surface area (TPSA) is 49.2 Å². The number of aromatic nitrogens is 2. The van der Waals surface area contributed by atoms with Gasteiger partial charge in [-0.25, -0.2) is 9.97 Å². The minimum Gasteiger partial charge on any atom is -0.393 e. The Bertz CT molecular complexity index is 469. The Morgan fingerprint density at radius 1 is 1.42 bits per heavy atom. The van der Waals surface area contributed by atoms with Gasteiger partial charge in [-0.15, -0.1) is 0 Å². The summed E-state index contributed by atoms with van der Waals surface area (Å²) in [5.74, 6) is -1.13. The van der Waals surface area contributed by atoms with E-state index in [1.165, 1.54) is 6.07 Å². The Labute approximate surface area is 113 Å². The molecule has 2 rings (SSSR count). The molecule has 1 saturated heterocycles. The summed E-state index contributed by atoms with van der Waals surface area (Å²) >= 11 is 5.61. The molecule has 0 saturated carbocycles. The molecule has 106 valence electrons. The monoisotopic (exact) mass is 295 g/mol. The van der Waals surface area contributed by atoms with Gasteiger partial charge in [0.25, 0.3) is 0 Å². The summed E-state index contributed by atoms with van der Waals surface area (Å²) in [6, 6.07) is 1.31. The second-order valence-electron chi connectivity index (χ2n) is 4.65. The number of alkyl halides is 3. The van der Waals surface area contributed by atoms with Crippen LogP contribution < -0.4 is 4.90 Å². The molecule has 1 aromatic heterocycles. The fraction of sp³-hybridized carbons (Fsp3) is 0.636. The number of halogens is 4. The van der Waals surface area contributed by atoms with E-state index in [1.807, 2.05) is 6.92 Å². The van der Waals surface area contributed by atoms with Gasteiger partial charge in [-0.1, -0.05) is 18.5 Å². The molecule has 0 radical (unpaired) electrons. The number of rotatable bonds is 1. The van der Waals surface area contributed by atoms with Crippen LogP contribution >= 0.6 is 11.6 Å². The van der Waals surface area contributed by atoms with Gasteiger partial charge in [0, 0.05) is 19.2 Å². The first-order chi connectivity index (χ1) is 8.77. The lowest BCUT2D eigenvalue weighted by atomic mass is 9.97. The Kier molecular flexibility index (Phi) is 3.87. The minimum atomic E-state index is -4.62. The summed E-state index contributed by atoms with van der Waals surface area (Å²) in [5, 5.41) is 9.38. The highest BCUT2D eigenvalue weighted by Gasteiger charge is 2.36. The van der Waals surface area contributed by atoms with Crippen LogP contribution in [0, 0.1) is 5.92 Å². The average Bonchev–Trinajstić information content (AvgIpc) is 2.31. The van der Waals surface area contributed by atoms with Gasteiger partial charge < -0.3 is 10.0 Å². The first-order valence-electron chi connectivity index (χ1n) is 5.82. The fourth-order valence-corrected chi connectivity index (χ4v) is 2.21. The van der Waals surface area contributed by atoms with Crippen LogP contribution in [0.2, 0.25) is 5.15 Å². The van der Waals surface area contributed by atoms with Gasteiger partial charge in [-0.05, 0) is 12.3 Å². The molecule has 1 aliphatic heterocycles. The zero-order chi connectivity index (χ0) is 14.2. The van der Waals surface area contributed by atoms with E-state index in [1.54, 1.807) is 4.90 Å². The Morgan fingerprint density at radius 3 is 2.68 bits per heavy atom. The standard InChI is InChI=1S/C11H13ClF3N3O/c1-6-5-18(3-2-7(6)19)9-4-8(12)16-10(17-9)11(13,14)15/h4,6-7,19H,2-3,5H2,1H3. The second kappa shape index (κ2) is 5.13. The zero-order valence-electron chi connectivity index (χ0n) is 10.2. The molecule has 19 heavy (non-hydrogen) atoms. The molecule has 0 spiro atoms. The van der Waals surface area contributed by atoms with E-state index in [4.69, 9.17) is 11.6 Å². The van der Waals surface area contributed by atoms with E-state index in [-0.39, 0.29) is 16.9 Å². The van der Waals surface area contributed by atoms with Crippen molar-refractivity contribution >= 4 is 17.4 Å². The third-order valence-corrected chi connectivity index (χ3v) is 3.31. The van der Waals surface area contributed by atoms with Crippen molar-refractivity contribution in [3.8, 4) is 0 Å². The van der Waals surface area contributed by atoms with E-state index in [9.17, 15) is 18.3 Å². The molecule has 2 unspecified atom stereocenters. The summed E-state index contributed by atoms with van der Waals surface area (Å²) in [6.45, 7) is 2.71. The van der Waals surface area contributed by atoms with Crippen molar-refractivity contribution in [1.29, 1.82) is 0 Å². The van der Waals surface area contributed by atoms with Crippen molar-refractivity contribution in [2.75, 3.05) is 18.0 Å². The Balaban J connectivity index is 2.28. The molecule has 1 fully saturated rings. The van der Waals surface area contributed by atoms with E-state index < -0.39 is 18.1 Å². The molecule has 0 amide bonds. The van der Waals surface area contributed by atoms with Crippen molar-refractivity contribution < 1.29 is 18.3 Å². The van der Waals surface area contributed by atoms with Crippen LogP contribution in [-0.2, 0) is 6.18 Å². The molecule has 0 aliphatic carbocycles. The van der Waals surface area contributed by atoms with Gasteiger partial charge in [0.05, 0.1) is 6.10 Å². The highest BCUT2D eigenvalue weighted by atomic mass is 35.5. The zero-order valence-corrected chi connectivity index (χ0v) is 10.9. The van der Waals surface area contributed by atoms with Crippen LogP contribution in [0.4, 0.5) is 19.0 Å². The molecule has 1 aliphatic rings. The van der Waals surface area contributed by atoms with Gasteiger partial charge in [-0.2, -0.15) is 13.2 Å². The Hall–Kier alpha value is -1.08. The predicted octanol–water partition coefficient (Wildman–Crippen LogP) is 2.36. The SMILES string of the molecule is CC1CN(c2cc(Cl)nc(C(F)(F)F)n2)CCC1O. The van der Waals surface area contributed by atoms with Crippen molar-refractivity contribution in [2.24, 2.45) is 5.92 Å². The molecule has 4 nitrogen and oxygen atoms in total. The molecule has 8 heteroatoms. The highest BCUT2D eigenvalue weighted by Crippen LogP contribution is 2.30. The van der Waals surface area contributed by atoms with Crippen molar-refractivity contribution in [1.82, 2.24) is 9.97 Å². The molecule has 2 atom stereocenters. The number of aliphatic hydroxyl groups excluding tert-OH is 1. The number of anilines is 1. The van der Waals surface area contributed by atoms with Crippen LogP contribution in [-0.4, -0.2) is 34.3 Å². The molecular formula is C11H13ClF3N3O. The van der Waals surface area contributed by atoms with Crippen LogP contribution in [0.15, 0.2) is 6.07 Å². The van der Waals surface area contributed by atoms with Gasteiger partial charge in [-0.3, -0.25) is 0 Å².